The third-order valence-corrected chi connectivity index (χ3v) is 4.55. The number of nitriles is 1. The van der Waals surface area contributed by atoms with Gasteiger partial charge in [0, 0.05) is 0 Å². The molecule has 0 fully saturated rings. The van der Waals surface area contributed by atoms with E-state index < -0.39 is 0 Å². The second kappa shape index (κ2) is 12.1. The zero-order valence-corrected chi connectivity index (χ0v) is 12.0. The van der Waals surface area contributed by atoms with E-state index >= 15 is 0 Å². The Kier molecular flexibility index (Phi) is 12.1. The molecule has 2 heteroatoms. The van der Waals surface area contributed by atoms with Crippen LogP contribution in [-0.2, 0) is 0 Å². The molecular weight excluding hydrogens is 249 g/mol. The first-order valence-corrected chi connectivity index (χ1v) is 8.39. The Morgan fingerprint density at radius 3 is 2.27 bits per heavy atom. The van der Waals surface area contributed by atoms with Gasteiger partial charge in [0.25, 0.3) is 0 Å². The molecular formula is C13H25NSe. The molecule has 0 aliphatic rings. The van der Waals surface area contributed by atoms with Crippen LogP contribution in [0.4, 0.5) is 0 Å². The molecule has 0 aliphatic heterocycles. The summed E-state index contributed by atoms with van der Waals surface area (Å²) in [6.45, 7) is 4.55. The van der Waals surface area contributed by atoms with Gasteiger partial charge in [-0.3, -0.25) is 0 Å². The summed E-state index contributed by atoms with van der Waals surface area (Å²) in [4.78, 5) is 2.29. The van der Waals surface area contributed by atoms with Crippen LogP contribution in [0.2, 0.25) is 5.32 Å². The molecule has 0 N–H and O–H groups in total. The van der Waals surface area contributed by atoms with Crippen LogP contribution in [0.1, 0.15) is 65.2 Å². The molecule has 0 radical (unpaired) electrons. The molecule has 15 heavy (non-hydrogen) atoms. The molecule has 0 aromatic carbocycles. The van der Waals surface area contributed by atoms with Gasteiger partial charge < -0.3 is 0 Å². The SMILES string of the molecule is CCCCCCCCCC(C)C[Se]C#N. The third-order valence-electron chi connectivity index (χ3n) is 2.73. The first-order chi connectivity index (χ1) is 7.31. The van der Waals surface area contributed by atoms with Gasteiger partial charge in [-0.05, 0) is 0 Å². The van der Waals surface area contributed by atoms with E-state index in [9.17, 15) is 0 Å². The first-order valence-electron chi connectivity index (χ1n) is 6.32. The molecule has 0 aliphatic carbocycles. The molecule has 0 bridgehead atoms. The van der Waals surface area contributed by atoms with Crippen molar-refractivity contribution in [1.82, 2.24) is 0 Å². The van der Waals surface area contributed by atoms with E-state index in [2.05, 4.69) is 18.8 Å². The number of unbranched alkanes of at least 4 members (excludes halogenated alkanes) is 6. The van der Waals surface area contributed by atoms with Gasteiger partial charge in [0.1, 0.15) is 0 Å². The van der Waals surface area contributed by atoms with E-state index in [1.54, 1.807) is 0 Å². The molecule has 0 saturated heterocycles. The maximum atomic E-state index is 8.48. The van der Waals surface area contributed by atoms with Gasteiger partial charge in [-0.25, -0.2) is 0 Å². The molecule has 0 heterocycles. The van der Waals surface area contributed by atoms with Gasteiger partial charge in [-0.15, -0.1) is 0 Å². The van der Waals surface area contributed by atoms with Gasteiger partial charge in [-0.2, -0.15) is 0 Å². The number of nitrogens with zero attached hydrogens (tertiary/aromatic N) is 1. The van der Waals surface area contributed by atoms with E-state index in [1.165, 1.54) is 51.4 Å². The van der Waals surface area contributed by atoms with Crippen molar-refractivity contribution < 1.29 is 0 Å². The minimum atomic E-state index is 0.237. The maximum absolute atomic E-state index is 8.48. The monoisotopic (exact) mass is 275 g/mol. The van der Waals surface area contributed by atoms with E-state index in [0.717, 1.165) is 11.2 Å². The summed E-state index contributed by atoms with van der Waals surface area (Å²) in [5.41, 5.74) is 0. The second-order valence-electron chi connectivity index (χ2n) is 4.42. The second-order valence-corrected chi connectivity index (χ2v) is 6.11. The Hall–Kier alpha value is 0.00948. The van der Waals surface area contributed by atoms with Gasteiger partial charge >= 0.3 is 102 Å². The molecule has 1 unspecified atom stereocenters. The third kappa shape index (κ3) is 11.9. The Bertz CT molecular complexity index is 162. The Balaban J connectivity index is 3.06. The molecule has 0 rings (SSSR count). The van der Waals surface area contributed by atoms with Crippen LogP contribution >= 0.6 is 0 Å². The van der Waals surface area contributed by atoms with Crippen LogP contribution in [0.5, 0.6) is 0 Å². The van der Waals surface area contributed by atoms with Crippen LogP contribution in [0.3, 0.4) is 0 Å². The Morgan fingerprint density at radius 1 is 1.07 bits per heavy atom. The minimum absolute atomic E-state index is 0.237. The standard InChI is InChI=1S/C13H25NSe/c1-3-4-5-6-7-8-9-10-13(2)11-15-12-14/h13H,3-11H2,1-2H3. The topological polar surface area (TPSA) is 23.8 Å². The summed E-state index contributed by atoms with van der Waals surface area (Å²) in [5.74, 6) is 0.778. The van der Waals surface area contributed by atoms with E-state index in [4.69, 9.17) is 5.26 Å². The van der Waals surface area contributed by atoms with Crippen LogP contribution < -0.4 is 0 Å². The van der Waals surface area contributed by atoms with Crippen molar-refractivity contribution in [3.05, 3.63) is 0 Å². The van der Waals surface area contributed by atoms with Crippen LogP contribution in [0.25, 0.3) is 0 Å². The van der Waals surface area contributed by atoms with Crippen molar-refractivity contribution in [3.63, 3.8) is 0 Å². The van der Waals surface area contributed by atoms with E-state index in [-0.39, 0.29) is 15.0 Å². The Labute approximate surface area is 102 Å². The fraction of sp³-hybridized carbons (Fsp3) is 0.923. The normalized spacial score (nSPS) is 12.3. The summed E-state index contributed by atoms with van der Waals surface area (Å²) >= 11 is 0.237. The quantitative estimate of drug-likeness (QED) is 0.429. The van der Waals surface area contributed by atoms with E-state index in [1.807, 2.05) is 0 Å². The summed E-state index contributed by atoms with van der Waals surface area (Å²) in [5, 5.41) is 9.64. The van der Waals surface area contributed by atoms with Crippen molar-refractivity contribution in [1.29, 1.82) is 5.26 Å². The van der Waals surface area contributed by atoms with Crippen LogP contribution in [-0.4, -0.2) is 15.0 Å². The first kappa shape index (κ1) is 15.0. The van der Waals surface area contributed by atoms with Gasteiger partial charge in [0.15, 0.2) is 0 Å². The summed E-state index contributed by atoms with van der Waals surface area (Å²) < 4.78 is 0. The zero-order chi connectivity index (χ0) is 11.4. The predicted molar refractivity (Wildman–Crippen MR) is 67.9 cm³/mol. The van der Waals surface area contributed by atoms with Crippen LogP contribution in [0, 0.1) is 16.1 Å². The molecule has 88 valence electrons. The molecule has 0 aromatic rings. The zero-order valence-electron chi connectivity index (χ0n) is 10.3. The number of hydrogen-bond acceptors (Lipinski definition) is 1. The Morgan fingerprint density at radius 2 is 1.67 bits per heavy atom. The summed E-state index contributed by atoms with van der Waals surface area (Å²) in [7, 11) is 0. The van der Waals surface area contributed by atoms with Gasteiger partial charge in [0.05, 0.1) is 0 Å². The molecule has 0 amide bonds. The number of hydrogen-bond donors (Lipinski definition) is 0. The van der Waals surface area contributed by atoms with Crippen molar-refractivity contribution in [2.75, 3.05) is 0 Å². The van der Waals surface area contributed by atoms with Gasteiger partial charge in [0.2, 0.25) is 0 Å². The molecule has 1 nitrogen and oxygen atoms in total. The van der Waals surface area contributed by atoms with Crippen molar-refractivity contribution in [2.24, 2.45) is 5.92 Å². The fourth-order valence-electron chi connectivity index (χ4n) is 1.71. The van der Waals surface area contributed by atoms with Crippen molar-refractivity contribution in [2.45, 2.75) is 70.5 Å². The summed E-state index contributed by atoms with van der Waals surface area (Å²) in [6.07, 6.45) is 11.1. The molecule has 0 saturated carbocycles. The van der Waals surface area contributed by atoms with Crippen LogP contribution in [0.15, 0.2) is 0 Å². The summed E-state index contributed by atoms with van der Waals surface area (Å²) in [6, 6.07) is 0. The van der Waals surface area contributed by atoms with Crippen molar-refractivity contribution in [3.8, 4) is 4.97 Å². The number of rotatable bonds is 10. The molecule has 0 spiro atoms. The van der Waals surface area contributed by atoms with Gasteiger partial charge in [-0.1, -0.05) is 0 Å². The van der Waals surface area contributed by atoms with E-state index in [0.29, 0.717) is 0 Å². The molecule has 0 aromatic heterocycles. The fourth-order valence-corrected chi connectivity index (χ4v) is 2.82. The average Bonchev–Trinajstić information content (AvgIpc) is 2.25. The average molecular weight is 274 g/mol. The van der Waals surface area contributed by atoms with Crippen molar-refractivity contribution >= 4 is 15.0 Å². The predicted octanol–water partition coefficient (Wildman–Crippen LogP) is 4.37. The molecule has 1 atom stereocenters.